The Morgan fingerprint density at radius 3 is 2.18 bits per heavy atom. The summed E-state index contributed by atoms with van der Waals surface area (Å²) in [6, 6.07) is 0. The number of nitrogens with one attached hydrogen (secondary N) is 1. The standard InChI is InChI=1S/C6H15N.CH6BOP/c1-3-5-6-7-4-2;1-2(3)4/h7H,3-6H2,1-2H3;3H,4H2,1H3. The summed E-state index contributed by atoms with van der Waals surface area (Å²) >= 11 is 0. The van der Waals surface area contributed by atoms with E-state index in [-0.39, 0.29) is 6.64 Å². The molecule has 0 rings (SSSR count). The van der Waals surface area contributed by atoms with Crippen LogP contribution in [0.3, 0.4) is 0 Å². The van der Waals surface area contributed by atoms with Crippen LogP contribution < -0.4 is 5.32 Å². The van der Waals surface area contributed by atoms with Gasteiger partial charge in [0.1, 0.15) is 0 Å². The quantitative estimate of drug-likeness (QED) is 0.386. The van der Waals surface area contributed by atoms with Crippen LogP contribution in [-0.4, -0.2) is 24.7 Å². The highest BCUT2D eigenvalue weighted by atomic mass is 31.0. The highest BCUT2D eigenvalue weighted by molar-refractivity contribution is 7.59. The summed E-state index contributed by atoms with van der Waals surface area (Å²) in [5.74, 6) is 0. The maximum atomic E-state index is 8.02. The second-order valence-electron chi connectivity index (χ2n) is 2.45. The normalized spacial score (nSPS) is 8.45. The van der Waals surface area contributed by atoms with Crippen LogP contribution in [-0.2, 0) is 0 Å². The van der Waals surface area contributed by atoms with E-state index >= 15 is 0 Å². The van der Waals surface area contributed by atoms with Gasteiger partial charge < -0.3 is 10.3 Å². The van der Waals surface area contributed by atoms with Crippen molar-refractivity contribution in [2.75, 3.05) is 13.1 Å². The third-order valence-corrected chi connectivity index (χ3v) is 0.957. The van der Waals surface area contributed by atoms with Crippen molar-refractivity contribution < 1.29 is 5.02 Å². The summed E-state index contributed by atoms with van der Waals surface area (Å²) in [7, 11) is 2.21. The Bertz CT molecular complexity index is 57.6. The third-order valence-electron chi connectivity index (χ3n) is 0.957. The molecule has 4 heteroatoms. The largest absolute Gasteiger partial charge is 0.447 e. The molecule has 2 N–H and O–H groups in total. The van der Waals surface area contributed by atoms with Gasteiger partial charge in [-0.05, 0) is 19.5 Å². The molecule has 1 atom stereocenters. The molecule has 0 fully saturated rings. The van der Waals surface area contributed by atoms with Crippen LogP contribution in [0.1, 0.15) is 26.7 Å². The Labute approximate surface area is 73.4 Å². The van der Waals surface area contributed by atoms with Gasteiger partial charge in [0, 0.05) is 0 Å². The van der Waals surface area contributed by atoms with E-state index in [1.54, 1.807) is 6.82 Å². The van der Waals surface area contributed by atoms with Crippen LogP contribution in [0, 0.1) is 0 Å². The van der Waals surface area contributed by atoms with Crippen molar-refractivity contribution in [1.82, 2.24) is 5.32 Å². The van der Waals surface area contributed by atoms with E-state index in [2.05, 4.69) is 28.3 Å². The Kier molecular flexibility index (Phi) is 16.6. The van der Waals surface area contributed by atoms with Crippen molar-refractivity contribution in [3.05, 3.63) is 0 Å². The molecule has 0 saturated heterocycles. The zero-order valence-corrected chi connectivity index (χ0v) is 9.09. The summed E-state index contributed by atoms with van der Waals surface area (Å²) < 4.78 is 0. The van der Waals surface area contributed by atoms with Gasteiger partial charge in [0.25, 0.3) is 0 Å². The van der Waals surface area contributed by atoms with E-state index in [0.29, 0.717) is 0 Å². The Balaban J connectivity index is 0. The summed E-state index contributed by atoms with van der Waals surface area (Å²) in [6.07, 6.45) is 2.61. The number of rotatable bonds is 4. The fraction of sp³-hybridized carbons (Fsp3) is 1.00. The van der Waals surface area contributed by atoms with Crippen molar-refractivity contribution >= 4 is 15.8 Å². The predicted molar refractivity (Wildman–Crippen MR) is 57.0 cm³/mol. The average Bonchev–Trinajstić information content (AvgIpc) is 1.88. The topological polar surface area (TPSA) is 32.3 Å². The first-order chi connectivity index (χ1) is 5.15. The summed E-state index contributed by atoms with van der Waals surface area (Å²) in [5.41, 5.74) is 0. The van der Waals surface area contributed by atoms with Gasteiger partial charge in [-0.25, -0.2) is 0 Å². The van der Waals surface area contributed by atoms with Gasteiger partial charge in [0.15, 0.2) is 0 Å². The van der Waals surface area contributed by atoms with Gasteiger partial charge in [-0.2, -0.15) is 0 Å². The van der Waals surface area contributed by atoms with Crippen LogP contribution in [0.4, 0.5) is 0 Å². The molecule has 0 saturated carbocycles. The highest BCUT2D eigenvalue weighted by Gasteiger charge is 1.81. The lowest BCUT2D eigenvalue weighted by molar-refractivity contribution is 0.603. The fourth-order valence-electron chi connectivity index (χ4n) is 0.479. The van der Waals surface area contributed by atoms with E-state index in [1.165, 1.54) is 19.4 Å². The summed E-state index contributed by atoms with van der Waals surface area (Å²) in [4.78, 5) is 0. The minimum Gasteiger partial charge on any atom is -0.447 e. The maximum absolute atomic E-state index is 8.02. The van der Waals surface area contributed by atoms with E-state index in [4.69, 9.17) is 5.02 Å². The molecular formula is C7H21BNOP. The first-order valence-corrected chi connectivity index (χ1v) is 4.96. The second-order valence-corrected chi connectivity index (χ2v) is 3.41. The smallest absolute Gasteiger partial charge is 0.308 e. The average molecular weight is 177 g/mol. The molecule has 0 aromatic heterocycles. The van der Waals surface area contributed by atoms with Gasteiger partial charge in [-0.15, -0.1) is 9.12 Å². The van der Waals surface area contributed by atoms with E-state index in [1.807, 2.05) is 0 Å². The third kappa shape index (κ3) is 37.8. The highest BCUT2D eigenvalue weighted by Crippen LogP contribution is 1.80. The lowest BCUT2D eigenvalue weighted by Gasteiger charge is -1.95. The Morgan fingerprint density at radius 1 is 1.45 bits per heavy atom. The van der Waals surface area contributed by atoms with Gasteiger partial charge in [-0.3, -0.25) is 0 Å². The molecule has 0 amide bonds. The fourth-order valence-corrected chi connectivity index (χ4v) is 0.479. The molecule has 0 radical (unpaired) electrons. The van der Waals surface area contributed by atoms with Crippen LogP contribution in [0.2, 0.25) is 6.82 Å². The van der Waals surface area contributed by atoms with Crippen molar-refractivity contribution in [2.45, 2.75) is 33.5 Å². The molecule has 11 heavy (non-hydrogen) atoms. The molecule has 0 aliphatic heterocycles. The Morgan fingerprint density at radius 2 is 1.91 bits per heavy atom. The van der Waals surface area contributed by atoms with Gasteiger partial charge in [0.05, 0.1) is 0 Å². The molecule has 0 aliphatic rings. The van der Waals surface area contributed by atoms with Crippen molar-refractivity contribution in [1.29, 1.82) is 0 Å². The molecule has 0 spiro atoms. The molecule has 0 aliphatic carbocycles. The zero-order valence-electron chi connectivity index (χ0n) is 7.93. The van der Waals surface area contributed by atoms with Crippen LogP contribution in [0.5, 0.6) is 0 Å². The zero-order chi connectivity index (χ0) is 9.11. The lowest BCUT2D eigenvalue weighted by atomic mass is 10.1. The monoisotopic (exact) mass is 177 g/mol. The molecule has 68 valence electrons. The summed E-state index contributed by atoms with van der Waals surface area (Å²) in [5, 5.41) is 11.3. The van der Waals surface area contributed by atoms with Gasteiger partial charge in [-0.1, -0.05) is 27.1 Å². The molecule has 0 aromatic rings. The van der Waals surface area contributed by atoms with Crippen LogP contribution in [0.15, 0.2) is 0 Å². The second kappa shape index (κ2) is 13.0. The first-order valence-electron chi connectivity index (χ1n) is 4.29. The number of hydrogen-bond donors (Lipinski definition) is 2. The van der Waals surface area contributed by atoms with Crippen molar-refractivity contribution in [3.8, 4) is 0 Å². The van der Waals surface area contributed by atoms with Gasteiger partial charge in [0.2, 0.25) is 0 Å². The van der Waals surface area contributed by atoms with Crippen LogP contribution >= 0.6 is 9.12 Å². The maximum Gasteiger partial charge on any atom is 0.308 e. The minimum absolute atomic E-state index is 0.250. The first kappa shape index (κ1) is 14.0. The minimum atomic E-state index is -0.250. The van der Waals surface area contributed by atoms with E-state index in [0.717, 1.165) is 6.54 Å². The van der Waals surface area contributed by atoms with Gasteiger partial charge >= 0.3 is 6.64 Å². The predicted octanol–water partition coefficient (Wildman–Crippen LogP) is 1.37. The van der Waals surface area contributed by atoms with E-state index in [9.17, 15) is 0 Å². The summed E-state index contributed by atoms with van der Waals surface area (Å²) in [6.45, 7) is 8.07. The van der Waals surface area contributed by atoms with Crippen molar-refractivity contribution in [3.63, 3.8) is 0 Å². The van der Waals surface area contributed by atoms with Crippen LogP contribution in [0.25, 0.3) is 0 Å². The molecule has 0 heterocycles. The number of hydrogen-bond acceptors (Lipinski definition) is 2. The lowest BCUT2D eigenvalue weighted by Crippen LogP contribution is -2.13. The molecule has 0 bridgehead atoms. The Hall–Kier alpha value is 0.415. The SMILES string of the molecule is CB(O)P.CCCCNCC. The van der Waals surface area contributed by atoms with E-state index < -0.39 is 0 Å². The molecule has 2 nitrogen and oxygen atoms in total. The molecular weight excluding hydrogens is 156 g/mol. The van der Waals surface area contributed by atoms with Crippen molar-refractivity contribution in [2.24, 2.45) is 0 Å². The molecule has 0 aromatic carbocycles. The molecule has 1 unspecified atom stereocenters. The number of unbranched alkanes of at least 4 members (excludes halogenated alkanes) is 1.